The Labute approximate surface area is 179 Å². The van der Waals surface area contributed by atoms with Gasteiger partial charge < -0.3 is 9.47 Å². The van der Waals surface area contributed by atoms with Gasteiger partial charge in [0.1, 0.15) is 24.3 Å². The van der Waals surface area contributed by atoms with E-state index in [-0.39, 0.29) is 13.0 Å². The third kappa shape index (κ3) is 8.68. The minimum atomic E-state index is -1.60. The molecule has 0 spiro atoms. The first-order valence-corrected chi connectivity index (χ1v) is 11.2. The summed E-state index contributed by atoms with van der Waals surface area (Å²) in [6.07, 6.45) is 6.92. The second kappa shape index (κ2) is 13.9. The second-order valence-corrected chi connectivity index (χ2v) is 7.65. The van der Waals surface area contributed by atoms with E-state index in [1.807, 2.05) is 31.2 Å². The first-order chi connectivity index (χ1) is 14.6. The number of nitrogens with zero attached hydrogens (tertiary/aromatic N) is 1. The molecule has 1 aromatic heterocycles. The summed E-state index contributed by atoms with van der Waals surface area (Å²) in [5.74, 6) is 1.29. The maximum absolute atomic E-state index is 13.7. The topological polar surface area (TPSA) is 31.4 Å². The Hall–Kier alpha value is -2.17. The van der Waals surface area contributed by atoms with Gasteiger partial charge in [0.25, 0.3) is 0 Å². The van der Waals surface area contributed by atoms with Crippen molar-refractivity contribution in [1.29, 1.82) is 0 Å². The van der Waals surface area contributed by atoms with E-state index in [0.717, 1.165) is 23.4 Å². The molecule has 1 aromatic carbocycles. The molecular weight excluding hydrogens is 384 g/mol. The number of benzene rings is 1. The minimum absolute atomic E-state index is 0.216. The summed E-state index contributed by atoms with van der Waals surface area (Å²) >= 11 is 0. The lowest BCUT2D eigenvalue weighted by Crippen LogP contribution is -2.24. The van der Waals surface area contributed by atoms with Gasteiger partial charge in [-0.1, -0.05) is 52.4 Å². The zero-order chi connectivity index (χ0) is 21.6. The lowest BCUT2D eigenvalue weighted by atomic mass is 10.1. The summed E-state index contributed by atoms with van der Waals surface area (Å²) < 4.78 is 38.4. The van der Waals surface area contributed by atoms with Gasteiger partial charge in [0.15, 0.2) is 6.17 Å². The maximum atomic E-state index is 13.7. The van der Waals surface area contributed by atoms with Crippen molar-refractivity contribution < 1.29 is 18.3 Å². The molecule has 166 valence electrons. The fourth-order valence-electron chi connectivity index (χ4n) is 3.17. The lowest BCUT2D eigenvalue weighted by Gasteiger charge is -2.14. The van der Waals surface area contributed by atoms with Crippen molar-refractivity contribution in [2.75, 3.05) is 13.2 Å². The van der Waals surface area contributed by atoms with Gasteiger partial charge in [0.05, 0.1) is 18.5 Å². The second-order valence-electron chi connectivity index (χ2n) is 7.65. The molecule has 5 heteroatoms. The number of alkyl halides is 2. The van der Waals surface area contributed by atoms with Crippen molar-refractivity contribution in [3.8, 4) is 22.8 Å². The number of halogens is 2. The van der Waals surface area contributed by atoms with Crippen LogP contribution in [0, 0.1) is 0 Å². The Morgan fingerprint density at radius 1 is 0.767 bits per heavy atom. The Bertz CT molecular complexity index is 691. The summed E-state index contributed by atoms with van der Waals surface area (Å²) in [5, 5.41) is 0. The minimum Gasteiger partial charge on any atom is -0.492 e. The highest BCUT2D eigenvalue weighted by atomic mass is 19.2. The van der Waals surface area contributed by atoms with Gasteiger partial charge in [-0.3, -0.25) is 4.98 Å². The highest BCUT2D eigenvalue weighted by Crippen LogP contribution is 2.23. The molecule has 2 atom stereocenters. The fraction of sp³-hybridized carbons (Fsp3) is 0.560. The molecule has 0 fully saturated rings. The average Bonchev–Trinajstić information content (AvgIpc) is 2.78. The van der Waals surface area contributed by atoms with Crippen LogP contribution < -0.4 is 9.47 Å². The van der Waals surface area contributed by atoms with Gasteiger partial charge in [-0.15, -0.1) is 0 Å². The molecule has 0 bridgehead atoms. The van der Waals surface area contributed by atoms with Crippen molar-refractivity contribution in [1.82, 2.24) is 4.98 Å². The van der Waals surface area contributed by atoms with Crippen LogP contribution in [0.15, 0.2) is 42.6 Å². The number of pyridine rings is 1. The molecule has 0 N–H and O–H groups in total. The predicted octanol–water partition coefficient (Wildman–Crippen LogP) is 7.34. The first-order valence-electron chi connectivity index (χ1n) is 11.2. The van der Waals surface area contributed by atoms with Gasteiger partial charge in [-0.2, -0.15) is 0 Å². The molecule has 0 aliphatic heterocycles. The Morgan fingerprint density at radius 3 is 2.13 bits per heavy atom. The number of ether oxygens (including phenoxy) is 2. The smallest absolute Gasteiger partial charge is 0.165 e. The molecule has 30 heavy (non-hydrogen) atoms. The van der Waals surface area contributed by atoms with E-state index in [1.54, 1.807) is 18.3 Å². The SMILES string of the molecule is CCCCCCCCOc1ccc(-c2ccc(OC[C@@H](F)[C@H](F)CCC)cc2)nc1. The van der Waals surface area contributed by atoms with E-state index < -0.39 is 12.3 Å². The van der Waals surface area contributed by atoms with Crippen LogP contribution in [0.2, 0.25) is 0 Å². The van der Waals surface area contributed by atoms with Gasteiger partial charge >= 0.3 is 0 Å². The number of rotatable bonds is 15. The average molecular weight is 420 g/mol. The van der Waals surface area contributed by atoms with Gasteiger partial charge in [0.2, 0.25) is 0 Å². The summed E-state index contributed by atoms with van der Waals surface area (Å²) in [5.41, 5.74) is 1.75. The number of unbranched alkanes of at least 4 members (excludes halogenated alkanes) is 5. The number of hydrogen-bond donors (Lipinski definition) is 0. The molecular formula is C25H35F2NO2. The van der Waals surface area contributed by atoms with E-state index in [9.17, 15) is 8.78 Å². The van der Waals surface area contributed by atoms with Crippen molar-refractivity contribution in [3.05, 3.63) is 42.6 Å². The van der Waals surface area contributed by atoms with Crippen LogP contribution in [0.5, 0.6) is 11.5 Å². The molecule has 0 amide bonds. The zero-order valence-electron chi connectivity index (χ0n) is 18.3. The molecule has 0 unspecified atom stereocenters. The van der Waals surface area contributed by atoms with E-state index in [2.05, 4.69) is 11.9 Å². The van der Waals surface area contributed by atoms with Crippen LogP contribution in [0.4, 0.5) is 8.78 Å². The third-order valence-corrected chi connectivity index (χ3v) is 5.02. The van der Waals surface area contributed by atoms with Crippen LogP contribution in [0.25, 0.3) is 11.3 Å². The van der Waals surface area contributed by atoms with E-state index in [1.165, 1.54) is 32.1 Å². The summed E-state index contributed by atoms with van der Waals surface area (Å²) in [7, 11) is 0. The highest BCUT2D eigenvalue weighted by molar-refractivity contribution is 5.60. The van der Waals surface area contributed by atoms with Gasteiger partial charge in [-0.05, 0) is 49.2 Å². The molecule has 0 saturated heterocycles. The van der Waals surface area contributed by atoms with Gasteiger partial charge in [-0.25, -0.2) is 8.78 Å². The van der Waals surface area contributed by atoms with Crippen molar-refractivity contribution in [2.45, 2.75) is 77.6 Å². The lowest BCUT2D eigenvalue weighted by molar-refractivity contribution is 0.103. The van der Waals surface area contributed by atoms with E-state index in [0.29, 0.717) is 18.8 Å². The molecule has 2 rings (SSSR count). The Balaban J connectivity index is 1.75. The number of aromatic nitrogens is 1. The monoisotopic (exact) mass is 419 g/mol. The van der Waals surface area contributed by atoms with Crippen LogP contribution >= 0.6 is 0 Å². The van der Waals surface area contributed by atoms with E-state index >= 15 is 0 Å². The van der Waals surface area contributed by atoms with Crippen LogP contribution in [0.3, 0.4) is 0 Å². The van der Waals surface area contributed by atoms with Crippen molar-refractivity contribution in [2.24, 2.45) is 0 Å². The maximum Gasteiger partial charge on any atom is 0.165 e. The Morgan fingerprint density at radius 2 is 1.47 bits per heavy atom. The highest BCUT2D eigenvalue weighted by Gasteiger charge is 2.20. The van der Waals surface area contributed by atoms with Crippen molar-refractivity contribution in [3.63, 3.8) is 0 Å². The predicted molar refractivity (Wildman–Crippen MR) is 119 cm³/mol. The zero-order valence-corrected chi connectivity index (χ0v) is 18.3. The third-order valence-electron chi connectivity index (χ3n) is 5.02. The molecule has 3 nitrogen and oxygen atoms in total. The van der Waals surface area contributed by atoms with Crippen LogP contribution in [-0.2, 0) is 0 Å². The molecule has 0 aliphatic rings. The molecule has 2 aromatic rings. The van der Waals surface area contributed by atoms with Crippen LogP contribution in [-0.4, -0.2) is 30.5 Å². The normalized spacial score (nSPS) is 13.1. The van der Waals surface area contributed by atoms with Crippen LogP contribution in [0.1, 0.15) is 65.2 Å². The summed E-state index contributed by atoms with van der Waals surface area (Å²) in [6, 6.07) is 11.1. The quantitative estimate of drug-likeness (QED) is 0.283. The molecule has 1 heterocycles. The largest absolute Gasteiger partial charge is 0.492 e. The first kappa shape index (κ1) is 24.1. The molecule has 0 saturated carbocycles. The van der Waals surface area contributed by atoms with Crippen molar-refractivity contribution >= 4 is 0 Å². The summed E-state index contributed by atoms with van der Waals surface area (Å²) in [4.78, 5) is 4.46. The number of hydrogen-bond acceptors (Lipinski definition) is 3. The van der Waals surface area contributed by atoms with Gasteiger partial charge in [0, 0.05) is 5.56 Å². The molecule has 0 radical (unpaired) electrons. The Kier molecular flexibility index (Phi) is 11.2. The fourth-order valence-corrected chi connectivity index (χ4v) is 3.17. The molecule has 0 aliphatic carbocycles. The van der Waals surface area contributed by atoms with E-state index in [4.69, 9.17) is 9.47 Å². The summed E-state index contributed by atoms with van der Waals surface area (Å²) in [6.45, 7) is 4.50. The standard InChI is InChI=1S/C25H35F2NO2/c1-3-5-6-7-8-9-17-29-22-15-16-25(28-18-22)20-11-13-21(14-12-20)30-19-24(27)23(26)10-4-2/h11-16,18,23-24H,3-10,17,19H2,1-2H3/t23-,24-/m1/s1.